The molecule has 7 nitrogen and oxygen atoms in total. The van der Waals surface area contributed by atoms with Crippen LogP contribution in [-0.4, -0.2) is 62.6 Å². The molecule has 1 aromatic carbocycles. The third-order valence-electron chi connectivity index (χ3n) is 6.69. The lowest BCUT2D eigenvalue weighted by Crippen LogP contribution is -2.42. The van der Waals surface area contributed by atoms with E-state index in [1.54, 1.807) is 6.20 Å². The summed E-state index contributed by atoms with van der Waals surface area (Å²) in [6, 6.07) is 9.97. The number of carbonyl (C=O) groups excluding carboxylic acids is 1. The molecule has 4 rings (SSSR count). The molecule has 2 aliphatic heterocycles. The third kappa shape index (κ3) is 6.56. The Kier molecular flexibility index (Phi) is 8.24. The molecule has 1 atom stereocenters. The maximum absolute atomic E-state index is 12.9. The van der Waals surface area contributed by atoms with E-state index in [-0.39, 0.29) is 24.7 Å². The minimum Gasteiger partial charge on any atom is -0.385 e. The highest BCUT2D eigenvalue weighted by atomic mass is 35.5. The van der Waals surface area contributed by atoms with Crippen molar-refractivity contribution in [1.82, 2.24) is 9.29 Å². The van der Waals surface area contributed by atoms with Crippen molar-refractivity contribution >= 4 is 33.1 Å². The topological polar surface area (TPSA) is 88.6 Å². The van der Waals surface area contributed by atoms with Gasteiger partial charge in [0.05, 0.1) is 11.3 Å². The molecule has 1 N–H and O–H groups in total. The number of carbonyl (C=O) groups is 1. The number of piperidine rings is 1. The highest BCUT2D eigenvalue weighted by molar-refractivity contribution is 7.88. The van der Waals surface area contributed by atoms with Crippen molar-refractivity contribution in [2.45, 2.75) is 32.1 Å². The van der Waals surface area contributed by atoms with Gasteiger partial charge in [-0.1, -0.05) is 23.7 Å². The second-order valence-corrected chi connectivity index (χ2v) is 11.7. The van der Waals surface area contributed by atoms with Crippen molar-refractivity contribution < 1.29 is 17.9 Å². The molecule has 0 unspecified atom stereocenters. The Labute approximate surface area is 206 Å². The number of sulfonamides is 1. The SMILES string of the molecule is CS(=O)(=O)N1CCC[C@H](C(=O)Cc2cc(-c3cccc(NCC4CCOCC4)c3)c(Cl)cn2)C1. The lowest BCUT2D eigenvalue weighted by Gasteiger charge is -2.30. The molecule has 2 aliphatic rings. The zero-order chi connectivity index (χ0) is 24.1. The molecule has 1 aromatic heterocycles. The molecule has 2 fully saturated rings. The molecule has 0 saturated carbocycles. The minimum atomic E-state index is -3.29. The highest BCUT2D eigenvalue weighted by Gasteiger charge is 2.30. The highest BCUT2D eigenvalue weighted by Crippen LogP contribution is 2.31. The smallest absolute Gasteiger partial charge is 0.211 e. The summed E-state index contributed by atoms with van der Waals surface area (Å²) in [6.45, 7) is 3.29. The number of nitrogens with one attached hydrogen (secondary N) is 1. The first-order valence-electron chi connectivity index (χ1n) is 11.8. The summed E-state index contributed by atoms with van der Waals surface area (Å²) in [6.07, 6.45) is 6.48. The van der Waals surface area contributed by atoms with E-state index in [2.05, 4.69) is 16.4 Å². The summed E-state index contributed by atoms with van der Waals surface area (Å²) in [5, 5.41) is 4.05. The van der Waals surface area contributed by atoms with Gasteiger partial charge in [-0.05, 0) is 55.4 Å². The maximum Gasteiger partial charge on any atom is 0.211 e. The number of anilines is 1. The van der Waals surface area contributed by atoms with Gasteiger partial charge in [0.1, 0.15) is 5.78 Å². The summed E-state index contributed by atoms with van der Waals surface area (Å²) < 4.78 is 30.6. The fraction of sp³-hybridized carbons (Fsp3) is 0.520. The number of ketones is 1. The Bertz CT molecular complexity index is 1120. The number of rotatable bonds is 8. The van der Waals surface area contributed by atoms with E-state index >= 15 is 0 Å². The van der Waals surface area contributed by atoms with Gasteiger partial charge in [0.15, 0.2) is 0 Å². The number of pyridine rings is 1. The standard InChI is InChI=1S/C25H32ClN3O4S/c1-34(31,32)29-9-3-5-20(17-29)25(30)14-22-13-23(24(26)16-28-22)19-4-2-6-21(12-19)27-15-18-7-10-33-11-8-18/h2,4,6,12-13,16,18,20,27H,3,5,7-11,14-15,17H2,1H3/t20-/m0/s1. The predicted molar refractivity (Wildman–Crippen MR) is 135 cm³/mol. The first kappa shape index (κ1) is 25.1. The van der Waals surface area contributed by atoms with Crippen molar-refractivity contribution in [3.05, 3.63) is 47.2 Å². The van der Waals surface area contributed by atoms with Crippen LogP contribution in [0.4, 0.5) is 5.69 Å². The normalized spacial score (nSPS) is 20.2. The summed E-state index contributed by atoms with van der Waals surface area (Å²) in [7, 11) is -3.29. The van der Waals surface area contributed by atoms with Crippen LogP contribution >= 0.6 is 11.6 Å². The number of aromatic nitrogens is 1. The van der Waals surface area contributed by atoms with Gasteiger partial charge in [-0.2, -0.15) is 0 Å². The number of hydrogen-bond acceptors (Lipinski definition) is 6. The molecule has 184 valence electrons. The molecule has 0 radical (unpaired) electrons. The minimum absolute atomic E-state index is 0.0148. The first-order valence-corrected chi connectivity index (χ1v) is 14.1. The molecular weight excluding hydrogens is 474 g/mol. The zero-order valence-corrected chi connectivity index (χ0v) is 21.1. The van der Waals surface area contributed by atoms with Crippen molar-refractivity contribution in [3.63, 3.8) is 0 Å². The van der Waals surface area contributed by atoms with E-state index in [4.69, 9.17) is 16.3 Å². The van der Waals surface area contributed by atoms with Gasteiger partial charge in [-0.25, -0.2) is 12.7 Å². The van der Waals surface area contributed by atoms with Gasteiger partial charge in [-0.15, -0.1) is 0 Å². The molecular formula is C25H32ClN3O4S. The van der Waals surface area contributed by atoms with Gasteiger partial charge < -0.3 is 10.1 Å². The quantitative estimate of drug-likeness (QED) is 0.582. The van der Waals surface area contributed by atoms with E-state index < -0.39 is 10.0 Å². The van der Waals surface area contributed by atoms with Gasteiger partial charge >= 0.3 is 0 Å². The molecule has 9 heteroatoms. The lowest BCUT2D eigenvalue weighted by molar-refractivity contribution is -0.123. The fourth-order valence-electron chi connectivity index (χ4n) is 4.64. The zero-order valence-electron chi connectivity index (χ0n) is 19.5. The van der Waals surface area contributed by atoms with Gasteiger partial charge in [0.2, 0.25) is 10.0 Å². The Hall–Kier alpha value is -2.00. The largest absolute Gasteiger partial charge is 0.385 e. The Morgan fingerprint density at radius 3 is 2.79 bits per heavy atom. The Morgan fingerprint density at radius 1 is 1.24 bits per heavy atom. The number of hydrogen-bond donors (Lipinski definition) is 1. The lowest BCUT2D eigenvalue weighted by atomic mass is 9.92. The van der Waals surface area contributed by atoms with Crippen LogP contribution in [0.1, 0.15) is 31.4 Å². The summed E-state index contributed by atoms with van der Waals surface area (Å²) in [5.74, 6) is 0.320. The average Bonchev–Trinajstić information content (AvgIpc) is 2.84. The van der Waals surface area contributed by atoms with E-state index in [0.717, 1.165) is 49.4 Å². The second kappa shape index (κ2) is 11.2. The molecule has 0 bridgehead atoms. The summed E-state index contributed by atoms with van der Waals surface area (Å²) >= 11 is 6.48. The summed E-state index contributed by atoms with van der Waals surface area (Å²) in [4.78, 5) is 17.3. The predicted octanol–water partition coefficient (Wildman–Crippen LogP) is 4.02. The van der Waals surface area contributed by atoms with Crippen molar-refractivity contribution in [1.29, 1.82) is 0 Å². The third-order valence-corrected chi connectivity index (χ3v) is 8.26. The monoisotopic (exact) mass is 505 g/mol. The van der Waals surface area contributed by atoms with E-state index in [1.807, 2.05) is 24.3 Å². The number of ether oxygens (including phenoxy) is 1. The molecule has 34 heavy (non-hydrogen) atoms. The number of nitrogens with zero attached hydrogens (tertiary/aromatic N) is 2. The van der Waals surface area contributed by atoms with Crippen LogP contribution in [-0.2, 0) is 26.0 Å². The van der Waals surface area contributed by atoms with E-state index in [9.17, 15) is 13.2 Å². The number of benzene rings is 1. The molecule has 2 aromatic rings. The van der Waals surface area contributed by atoms with Crippen LogP contribution < -0.4 is 5.32 Å². The van der Waals surface area contributed by atoms with Crippen LogP contribution in [0.3, 0.4) is 0 Å². The van der Waals surface area contributed by atoms with Crippen LogP contribution in [0.2, 0.25) is 5.02 Å². The number of Topliss-reactive ketones (excluding diaryl/α,β-unsaturated/α-hetero) is 1. The van der Waals surface area contributed by atoms with Gasteiger partial charge in [-0.3, -0.25) is 9.78 Å². The van der Waals surface area contributed by atoms with E-state index in [1.165, 1.54) is 10.6 Å². The molecule has 0 spiro atoms. The van der Waals surface area contributed by atoms with Crippen molar-refractivity contribution in [2.75, 3.05) is 44.4 Å². The Balaban J connectivity index is 1.44. The molecule has 0 aliphatic carbocycles. The van der Waals surface area contributed by atoms with Crippen LogP contribution in [0.25, 0.3) is 11.1 Å². The van der Waals surface area contributed by atoms with Gasteiger partial charge in [0, 0.05) is 68.3 Å². The van der Waals surface area contributed by atoms with Crippen molar-refractivity contribution in [3.8, 4) is 11.1 Å². The fourth-order valence-corrected chi connectivity index (χ4v) is 5.76. The van der Waals surface area contributed by atoms with Gasteiger partial charge in [0.25, 0.3) is 0 Å². The number of halogens is 1. The van der Waals surface area contributed by atoms with E-state index in [0.29, 0.717) is 36.0 Å². The first-order chi connectivity index (χ1) is 16.3. The van der Waals surface area contributed by atoms with Crippen LogP contribution in [0.15, 0.2) is 36.5 Å². The molecule has 3 heterocycles. The Morgan fingerprint density at radius 2 is 2.03 bits per heavy atom. The van der Waals surface area contributed by atoms with Crippen LogP contribution in [0.5, 0.6) is 0 Å². The molecule has 2 saturated heterocycles. The second-order valence-electron chi connectivity index (χ2n) is 9.28. The molecule has 0 amide bonds. The summed E-state index contributed by atoms with van der Waals surface area (Å²) in [5.41, 5.74) is 3.45. The van der Waals surface area contributed by atoms with Crippen LogP contribution in [0, 0.1) is 11.8 Å². The maximum atomic E-state index is 12.9. The average molecular weight is 506 g/mol. The van der Waals surface area contributed by atoms with Crippen molar-refractivity contribution in [2.24, 2.45) is 11.8 Å².